The molecule has 0 heterocycles. The van der Waals surface area contributed by atoms with E-state index in [1.165, 1.54) is 13.8 Å². The first-order valence-corrected chi connectivity index (χ1v) is 4.80. The van der Waals surface area contributed by atoms with Gasteiger partial charge in [-0.2, -0.15) is 17.6 Å². The average Bonchev–Trinajstić information content (AvgIpc) is 2.23. The zero-order valence-electron chi connectivity index (χ0n) is 9.53. The van der Waals surface area contributed by atoms with Crippen molar-refractivity contribution in [2.75, 3.05) is 0 Å². The molecule has 0 aromatic heterocycles. The highest BCUT2D eigenvalue weighted by Crippen LogP contribution is 2.35. The number of ether oxygens (including phenoxy) is 1. The molecule has 6 heteroatoms. The molecule has 0 bridgehead atoms. The van der Waals surface area contributed by atoms with E-state index in [1.54, 1.807) is 0 Å². The lowest BCUT2D eigenvalue weighted by molar-refractivity contribution is -0.140. The molecule has 0 fully saturated rings. The summed E-state index contributed by atoms with van der Waals surface area (Å²) in [6.07, 6.45) is 0.103. The molecule has 0 spiro atoms. The van der Waals surface area contributed by atoms with Gasteiger partial charge in [0.2, 0.25) is 5.82 Å². The molecule has 0 aliphatic heterocycles. The Labute approximate surface area is 101 Å². The normalized spacial score (nSPS) is 12.1. The second-order valence-corrected chi connectivity index (χ2v) is 3.99. The molecule has 1 rings (SSSR count). The molecule has 98 valence electrons. The second-order valence-electron chi connectivity index (χ2n) is 3.99. The summed E-state index contributed by atoms with van der Waals surface area (Å²) < 4.78 is 68.4. The third kappa shape index (κ3) is 2.92. The molecule has 0 unspecified atom stereocenters. The van der Waals surface area contributed by atoms with E-state index >= 15 is 0 Å². The van der Waals surface area contributed by atoms with Crippen LogP contribution >= 0.6 is 0 Å². The number of hydrogen-bond acceptors (Lipinski definition) is 1. The fourth-order valence-electron chi connectivity index (χ4n) is 1.13. The van der Waals surface area contributed by atoms with E-state index in [0.29, 0.717) is 12.1 Å². The van der Waals surface area contributed by atoms with Gasteiger partial charge >= 0.3 is 6.18 Å². The monoisotopic (exact) mass is 264 g/mol. The van der Waals surface area contributed by atoms with Crippen molar-refractivity contribution in [2.45, 2.75) is 25.6 Å². The summed E-state index contributed by atoms with van der Waals surface area (Å²) in [7, 11) is 0. The Morgan fingerprint density at radius 2 is 1.67 bits per heavy atom. The highest BCUT2D eigenvalue weighted by atomic mass is 19.4. The molecule has 0 atom stereocenters. The molecule has 0 aliphatic rings. The fraction of sp³-hybridized carbons (Fsp3) is 0.333. The quantitative estimate of drug-likeness (QED) is 0.583. The summed E-state index contributed by atoms with van der Waals surface area (Å²) in [6, 6.07) is 1.10. The van der Waals surface area contributed by atoms with Crippen LogP contribution < -0.4 is 4.74 Å². The first-order chi connectivity index (χ1) is 8.08. The minimum Gasteiger partial charge on any atom is -0.472 e. The van der Waals surface area contributed by atoms with E-state index in [1.807, 2.05) is 0 Å². The predicted molar refractivity (Wildman–Crippen MR) is 54.9 cm³/mol. The van der Waals surface area contributed by atoms with Gasteiger partial charge in [0.05, 0.1) is 5.56 Å². The van der Waals surface area contributed by atoms with Crippen LogP contribution in [-0.2, 0) is 6.18 Å². The standard InChI is InChI=1S/C12H9F5O/c1-4-11(2,3)18-8-6-5-7(12(15,16)17)9(13)10(8)14/h1,5-6H,2-3H3. The Hall–Kier alpha value is -1.77. The minimum atomic E-state index is -4.97. The second kappa shape index (κ2) is 4.48. The van der Waals surface area contributed by atoms with Crippen LogP contribution in [0.4, 0.5) is 22.0 Å². The molecule has 1 nitrogen and oxygen atoms in total. The lowest BCUT2D eigenvalue weighted by Crippen LogP contribution is -2.26. The van der Waals surface area contributed by atoms with Gasteiger partial charge in [0.25, 0.3) is 0 Å². The van der Waals surface area contributed by atoms with Gasteiger partial charge in [-0.1, -0.05) is 5.92 Å². The Kier molecular flexibility index (Phi) is 3.56. The van der Waals surface area contributed by atoms with Crippen molar-refractivity contribution in [3.8, 4) is 18.1 Å². The van der Waals surface area contributed by atoms with E-state index < -0.39 is 34.7 Å². The van der Waals surface area contributed by atoms with Crippen molar-refractivity contribution in [3.05, 3.63) is 29.3 Å². The van der Waals surface area contributed by atoms with E-state index in [9.17, 15) is 22.0 Å². The average molecular weight is 264 g/mol. The van der Waals surface area contributed by atoms with Crippen LogP contribution in [0.15, 0.2) is 12.1 Å². The van der Waals surface area contributed by atoms with Crippen LogP contribution in [0.1, 0.15) is 19.4 Å². The van der Waals surface area contributed by atoms with Gasteiger partial charge in [-0.05, 0) is 26.0 Å². The van der Waals surface area contributed by atoms with E-state index in [-0.39, 0.29) is 0 Å². The van der Waals surface area contributed by atoms with Gasteiger partial charge in [0, 0.05) is 0 Å². The number of alkyl halides is 3. The van der Waals surface area contributed by atoms with Crippen LogP contribution in [-0.4, -0.2) is 5.60 Å². The minimum absolute atomic E-state index is 0.403. The first-order valence-electron chi connectivity index (χ1n) is 4.80. The molecule has 0 N–H and O–H groups in total. The van der Waals surface area contributed by atoms with Gasteiger partial charge in [-0.25, -0.2) is 4.39 Å². The Balaban J connectivity index is 3.22. The van der Waals surface area contributed by atoms with Crippen LogP contribution in [0.3, 0.4) is 0 Å². The predicted octanol–water partition coefficient (Wildman–Crippen LogP) is 3.77. The van der Waals surface area contributed by atoms with Crippen molar-refractivity contribution in [1.29, 1.82) is 0 Å². The van der Waals surface area contributed by atoms with Crippen LogP contribution in [0.5, 0.6) is 5.75 Å². The molecule has 18 heavy (non-hydrogen) atoms. The third-order valence-electron chi connectivity index (χ3n) is 2.06. The van der Waals surface area contributed by atoms with Crippen LogP contribution in [0.25, 0.3) is 0 Å². The summed E-state index contributed by atoms with van der Waals surface area (Å²) in [5.74, 6) is -2.24. The number of terminal acetylenes is 1. The van der Waals surface area contributed by atoms with Crippen molar-refractivity contribution in [1.82, 2.24) is 0 Å². The molecular formula is C12H9F5O. The molecule has 0 aliphatic carbocycles. The lowest BCUT2D eigenvalue weighted by atomic mass is 10.1. The Morgan fingerprint density at radius 1 is 1.11 bits per heavy atom. The van der Waals surface area contributed by atoms with Gasteiger partial charge in [-0.3, -0.25) is 0 Å². The number of hydrogen-bond donors (Lipinski definition) is 0. The molecule has 0 radical (unpaired) electrons. The molecule has 0 saturated heterocycles. The fourth-order valence-corrected chi connectivity index (χ4v) is 1.13. The Bertz CT molecular complexity index is 496. The maximum Gasteiger partial charge on any atom is 0.419 e. The third-order valence-corrected chi connectivity index (χ3v) is 2.06. The Morgan fingerprint density at radius 3 is 2.11 bits per heavy atom. The SMILES string of the molecule is C#CC(C)(C)Oc1ccc(C(F)(F)F)c(F)c1F. The van der Waals surface area contributed by atoms with Gasteiger partial charge in [0.15, 0.2) is 17.2 Å². The molecular weight excluding hydrogens is 255 g/mol. The molecule has 0 amide bonds. The van der Waals surface area contributed by atoms with Crippen LogP contribution in [0, 0.1) is 24.0 Å². The van der Waals surface area contributed by atoms with Gasteiger partial charge in [-0.15, -0.1) is 6.42 Å². The zero-order valence-corrected chi connectivity index (χ0v) is 9.53. The zero-order chi connectivity index (χ0) is 14.1. The maximum atomic E-state index is 13.4. The summed E-state index contributed by atoms with van der Waals surface area (Å²) in [5, 5.41) is 0. The largest absolute Gasteiger partial charge is 0.472 e. The topological polar surface area (TPSA) is 9.23 Å². The number of rotatable bonds is 2. The molecule has 0 saturated carbocycles. The van der Waals surface area contributed by atoms with Gasteiger partial charge < -0.3 is 4.74 Å². The van der Waals surface area contributed by atoms with Crippen molar-refractivity contribution in [2.24, 2.45) is 0 Å². The van der Waals surface area contributed by atoms with Crippen molar-refractivity contribution < 1.29 is 26.7 Å². The van der Waals surface area contributed by atoms with E-state index in [0.717, 1.165) is 0 Å². The highest BCUT2D eigenvalue weighted by molar-refractivity contribution is 5.33. The first kappa shape index (κ1) is 14.3. The highest BCUT2D eigenvalue weighted by Gasteiger charge is 2.36. The summed E-state index contributed by atoms with van der Waals surface area (Å²) in [5.41, 5.74) is -2.95. The lowest BCUT2D eigenvalue weighted by Gasteiger charge is -2.21. The number of benzene rings is 1. The molecule has 1 aromatic carbocycles. The summed E-state index contributed by atoms with van der Waals surface area (Å²) in [6.45, 7) is 2.78. The van der Waals surface area contributed by atoms with E-state index in [2.05, 4.69) is 5.92 Å². The maximum absolute atomic E-state index is 13.4. The van der Waals surface area contributed by atoms with Gasteiger partial charge in [0.1, 0.15) is 0 Å². The summed E-state index contributed by atoms with van der Waals surface area (Å²) >= 11 is 0. The number of halogens is 5. The van der Waals surface area contributed by atoms with E-state index in [4.69, 9.17) is 11.2 Å². The smallest absolute Gasteiger partial charge is 0.419 e. The van der Waals surface area contributed by atoms with Crippen molar-refractivity contribution in [3.63, 3.8) is 0 Å². The van der Waals surface area contributed by atoms with Crippen LogP contribution in [0.2, 0.25) is 0 Å². The van der Waals surface area contributed by atoms with Crippen molar-refractivity contribution >= 4 is 0 Å². The molecule has 1 aromatic rings. The summed E-state index contributed by atoms with van der Waals surface area (Å²) in [4.78, 5) is 0.